The van der Waals surface area contributed by atoms with Gasteiger partial charge in [-0.3, -0.25) is 0 Å². The minimum absolute atomic E-state index is 0.621. The maximum Gasteiger partial charge on any atom is 0.122 e. The van der Waals surface area contributed by atoms with E-state index in [4.69, 9.17) is 11.0 Å². The Labute approximate surface area is 97.2 Å². The van der Waals surface area contributed by atoms with Gasteiger partial charge in [0.1, 0.15) is 11.8 Å². The summed E-state index contributed by atoms with van der Waals surface area (Å²) in [6, 6.07) is 3.91. The maximum atomic E-state index is 9.00. The Balaban J connectivity index is 3.00. The lowest BCUT2D eigenvalue weighted by molar-refractivity contribution is 0.570. The first-order chi connectivity index (χ1) is 7.60. The summed E-state index contributed by atoms with van der Waals surface area (Å²) in [4.78, 5) is 0. The van der Waals surface area contributed by atoms with E-state index in [2.05, 4.69) is 26.5 Å². The summed E-state index contributed by atoms with van der Waals surface area (Å²) in [5.41, 5.74) is 8.33. The molecule has 86 valence electrons. The highest BCUT2D eigenvalue weighted by Gasteiger charge is 2.12. The standard InChI is InChI=1S/C13H19N3/c1-4-7-16-11(9-14)8-12(15)13(16)6-5-10(2)3/h4,8,10H,1,5-7,15H2,2-3H3. The zero-order valence-corrected chi connectivity index (χ0v) is 10.0. The largest absolute Gasteiger partial charge is 0.397 e. The highest BCUT2D eigenvalue weighted by molar-refractivity contribution is 5.50. The molecular weight excluding hydrogens is 198 g/mol. The second kappa shape index (κ2) is 5.41. The van der Waals surface area contributed by atoms with E-state index in [-0.39, 0.29) is 0 Å². The fourth-order valence-corrected chi connectivity index (χ4v) is 1.74. The van der Waals surface area contributed by atoms with Gasteiger partial charge in [-0.25, -0.2) is 0 Å². The number of anilines is 1. The van der Waals surface area contributed by atoms with Crippen molar-refractivity contribution in [3.05, 3.63) is 30.1 Å². The lowest BCUT2D eigenvalue weighted by atomic mass is 10.1. The summed E-state index contributed by atoms with van der Waals surface area (Å²) in [6.07, 6.45) is 3.79. The zero-order valence-electron chi connectivity index (χ0n) is 10.0. The molecule has 0 amide bonds. The molecule has 3 heteroatoms. The van der Waals surface area contributed by atoms with Gasteiger partial charge >= 0.3 is 0 Å². The predicted octanol–water partition coefficient (Wildman–Crippen LogP) is 2.72. The third kappa shape index (κ3) is 2.66. The number of allylic oxidation sites excluding steroid dienone is 1. The van der Waals surface area contributed by atoms with Crippen LogP contribution < -0.4 is 5.73 Å². The predicted molar refractivity (Wildman–Crippen MR) is 66.9 cm³/mol. The van der Waals surface area contributed by atoms with Crippen molar-refractivity contribution in [3.63, 3.8) is 0 Å². The van der Waals surface area contributed by atoms with Gasteiger partial charge < -0.3 is 10.3 Å². The van der Waals surface area contributed by atoms with Crippen molar-refractivity contribution in [2.75, 3.05) is 5.73 Å². The van der Waals surface area contributed by atoms with Gasteiger partial charge in [-0.1, -0.05) is 19.9 Å². The Morgan fingerprint density at radius 3 is 2.81 bits per heavy atom. The van der Waals surface area contributed by atoms with Crippen molar-refractivity contribution in [2.45, 2.75) is 33.2 Å². The Morgan fingerprint density at radius 1 is 1.62 bits per heavy atom. The number of nitrogens with two attached hydrogens (primary N) is 1. The first-order valence-corrected chi connectivity index (χ1v) is 5.59. The second-order valence-electron chi connectivity index (χ2n) is 4.38. The Kier molecular flexibility index (Phi) is 4.19. The van der Waals surface area contributed by atoms with E-state index in [0.717, 1.165) is 24.2 Å². The molecule has 0 unspecified atom stereocenters. The molecule has 1 heterocycles. The fraction of sp³-hybridized carbons (Fsp3) is 0.462. The van der Waals surface area contributed by atoms with E-state index in [1.165, 1.54) is 0 Å². The van der Waals surface area contributed by atoms with Gasteiger partial charge in [0, 0.05) is 12.2 Å². The molecule has 0 saturated heterocycles. The molecule has 0 aliphatic rings. The molecule has 0 fully saturated rings. The molecule has 0 aliphatic heterocycles. The number of nitrogens with zero attached hydrogens (tertiary/aromatic N) is 2. The van der Waals surface area contributed by atoms with Crippen LogP contribution in [0.1, 0.15) is 31.7 Å². The van der Waals surface area contributed by atoms with Crippen LogP contribution in [0.5, 0.6) is 0 Å². The molecule has 0 aliphatic carbocycles. The fourth-order valence-electron chi connectivity index (χ4n) is 1.74. The highest BCUT2D eigenvalue weighted by atomic mass is 15.0. The smallest absolute Gasteiger partial charge is 0.122 e. The van der Waals surface area contributed by atoms with E-state index >= 15 is 0 Å². The molecular formula is C13H19N3. The molecule has 0 spiro atoms. The number of hydrogen-bond acceptors (Lipinski definition) is 2. The minimum atomic E-state index is 0.621. The molecule has 1 aromatic heterocycles. The highest BCUT2D eigenvalue weighted by Crippen LogP contribution is 2.21. The average molecular weight is 217 g/mol. The van der Waals surface area contributed by atoms with Gasteiger partial charge in [-0.2, -0.15) is 5.26 Å². The first kappa shape index (κ1) is 12.4. The molecule has 0 aromatic carbocycles. The van der Waals surface area contributed by atoms with E-state index in [0.29, 0.717) is 18.2 Å². The zero-order chi connectivity index (χ0) is 12.1. The van der Waals surface area contributed by atoms with Gasteiger partial charge in [0.15, 0.2) is 0 Å². The quantitative estimate of drug-likeness (QED) is 0.771. The summed E-state index contributed by atoms with van der Waals surface area (Å²) in [7, 11) is 0. The van der Waals surface area contributed by atoms with E-state index in [1.54, 1.807) is 12.1 Å². The van der Waals surface area contributed by atoms with Crippen LogP contribution in [-0.2, 0) is 13.0 Å². The van der Waals surface area contributed by atoms with Crippen molar-refractivity contribution < 1.29 is 0 Å². The number of rotatable bonds is 5. The topological polar surface area (TPSA) is 54.7 Å². The van der Waals surface area contributed by atoms with Crippen molar-refractivity contribution in [3.8, 4) is 6.07 Å². The van der Waals surface area contributed by atoms with Gasteiger partial charge in [0.25, 0.3) is 0 Å². The SMILES string of the molecule is C=CCn1c(C#N)cc(N)c1CCC(C)C. The van der Waals surface area contributed by atoms with Crippen molar-refractivity contribution in [1.29, 1.82) is 5.26 Å². The van der Waals surface area contributed by atoms with Crippen LogP contribution in [-0.4, -0.2) is 4.57 Å². The van der Waals surface area contributed by atoms with Crippen molar-refractivity contribution in [1.82, 2.24) is 4.57 Å². The molecule has 1 aromatic rings. The summed E-state index contributed by atoms with van der Waals surface area (Å²) in [5, 5.41) is 9.00. The number of nitrogen functional groups attached to an aromatic ring is 1. The Bertz CT molecular complexity index is 408. The van der Waals surface area contributed by atoms with Gasteiger partial charge in [0.05, 0.1) is 5.69 Å². The lowest BCUT2D eigenvalue weighted by Gasteiger charge is -2.10. The van der Waals surface area contributed by atoms with Crippen LogP contribution in [0.25, 0.3) is 0 Å². The third-order valence-electron chi connectivity index (χ3n) is 2.63. The van der Waals surface area contributed by atoms with Crippen LogP contribution in [0.2, 0.25) is 0 Å². The van der Waals surface area contributed by atoms with Gasteiger partial charge in [-0.15, -0.1) is 6.58 Å². The molecule has 3 nitrogen and oxygen atoms in total. The van der Waals surface area contributed by atoms with Crippen LogP contribution in [0.4, 0.5) is 5.69 Å². The first-order valence-electron chi connectivity index (χ1n) is 5.59. The van der Waals surface area contributed by atoms with E-state index in [9.17, 15) is 0 Å². The van der Waals surface area contributed by atoms with Crippen LogP contribution in [0, 0.1) is 17.2 Å². The molecule has 0 radical (unpaired) electrons. The second-order valence-corrected chi connectivity index (χ2v) is 4.38. The van der Waals surface area contributed by atoms with Crippen molar-refractivity contribution in [2.24, 2.45) is 5.92 Å². The summed E-state index contributed by atoms with van der Waals surface area (Å²) in [5.74, 6) is 0.636. The molecule has 0 atom stereocenters. The normalized spacial score (nSPS) is 10.4. The third-order valence-corrected chi connectivity index (χ3v) is 2.63. The number of hydrogen-bond donors (Lipinski definition) is 1. The lowest BCUT2D eigenvalue weighted by Crippen LogP contribution is -2.06. The summed E-state index contributed by atoms with van der Waals surface area (Å²) < 4.78 is 1.95. The van der Waals surface area contributed by atoms with Crippen LogP contribution in [0.15, 0.2) is 18.7 Å². The van der Waals surface area contributed by atoms with Crippen LogP contribution in [0.3, 0.4) is 0 Å². The van der Waals surface area contributed by atoms with E-state index < -0.39 is 0 Å². The van der Waals surface area contributed by atoms with Crippen molar-refractivity contribution >= 4 is 5.69 Å². The summed E-state index contributed by atoms with van der Waals surface area (Å²) >= 11 is 0. The van der Waals surface area contributed by atoms with Crippen LogP contribution >= 0.6 is 0 Å². The maximum absolute atomic E-state index is 9.00. The van der Waals surface area contributed by atoms with Gasteiger partial charge in [-0.05, 0) is 24.8 Å². The number of aromatic nitrogens is 1. The molecule has 0 bridgehead atoms. The Hall–Kier alpha value is -1.69. The van der Waals surface area contributed by atoms with Gasteiger partial charge in [0.2, 0.25) is 0 Å². The minimum Gasteiger partial charge on any atom is -0.397 e. The van der Waals surface area contributed by atoms with E-state index in [1.807, 2.05) is 4.57 Å². The average Bonchev–Trinajstić information content (AvgIpc) is 2.53. The summed E-state index contributed by atoms with van der Waals surface area (Å²) in [6.45, 7) is 8.72. The number of nitriles is 1. The molecule has 2 N–H and O–H groups in total. The molecule has 0 saturated carbocycles. The molecule has 16 heavy (non-hydrogen) atoms. The molecule has 1 rings (SSSR count). The monoisotopic (exact) mass is 217 g/mol. The Morgan fingerprint density at radius 2 is 2.31 bits per heavy atom.